The SMILES string of the molecule is [B]C1C(c2ccccc2)=NOC1([B])O. The molecule has 1 aliphatic rings. The molecule has 3 nitrogen and oxygen atoms in total. The average molecular weight is 183 g/mol. The van der Waals surface area contributed by atoms with Crippen molar-refractivity contribution in [2.45, 2.75) is 11.5 Å². The molecule has 0 aliphatic carbocycles. The first-order valence-corrected chi connectivity index (χ1v) is 4.19. The molecule has 0 aromatic heterocycles. The lowest BCUT2D eigenvalue weighted by Crippen LogP contribution is -2.35. The summed E-state index contributed by atoms with van der Waals surface area (Å²) in [5.41, 5.74) is -0.650. The Morgan fingerprint density at radius 3 is 2.50 bits per heavy atom. The van der Waals surface area contributed by atoms with Crippen molar-refractivity contribution >= 4 is 21.4 Å². The van der Waals surface area contributed by atoms with Crippen LogP contribution in [-0.2, 0) is 4.84 Å². The van der Waals surface area contributed by atoms with E-state index in [9.17, 15) is 5.11 Å². The Labute approximate surface area is 84.6 Å². The summed E-state index contributed by atoms with van der Waals surface area (Å²) >= 11 is 0. The molecule has 1 aromatic rings. The first-order chi connectivity index (χ1) is 6.61. The lowest BCUT2D eigenvalue weighted by atomic mass is 9.67. The normalized spacial score (nSPS) is 30.9. The van der Waals surface area contributed by atoms with Crippen molar-refractivity contribution in [3.8, 4) is 0 Å². The summed E-state index contributed by atoms with van der Waals surface area (Å²) in [4.78, 5) is 4.62. The highest BCUT2D eigenvalue weighted by atomic mass is 16.7. The molecule has 14 heavy (non-hydrogen) atoms. The summed E-state index contributed by atoms with van der Waals surface area (Å²) in [7, 11) is 11.0. The third-order valence-electron chi connectivity index (χ3n) is 2.10. The minimum absolute atomic E-state index is 0.454. The molecule has 0 amide bonds. The van der Waals surface area contributed by atoms with Crippen molar-refractivity contribution < 1.29 is 9.94 Å². The van der Waals surface area contributed by atoms with E-state index in [1.807, 2.05) is 30.3 Å². The molecule has 2 unspecified atom stereocenters. The Morgan fingerprint density at radius 1 is 1.36 bits per heavy atom. The first-order valence-electron chi connectivity index (χ1n) is 4.19. The van der Waals surface area contributed by atoms with Gasteiger partial charge in [-0.1, -0.05) is 35.5 Å². The fraction of sp³-hybridized carbons (Fsp3) is 0.222. The van der Waals surface area contributed by atoms with Gasteiger partial charge in [-0.15, -0.1) is 0 Å². The topological polar surface area (TPSA) is 41.8 Å². The molecule has 5 heteroatoms. The van der Waals surface area contributed by atoms with Crippen LogP contribution in [0, 0.1) is 0 Å². The largest absolute Gasteiger partial charge is 0.372 e. The molecule has 1 N–H and O–H groups in total. The van der Waals surface area contributed by atoms with Crippen LogP contribution in [0.1, 0.15) is 5.56 Å². The van der Waals surface area contributed by atoms with Crippen LogP contribution in [0.25, 0.3) is 0 Å². The Morgan fingerprint density at radius 2 is 2.00 bits per heavy atom. The molecule has 2 atom stereocenters. The van der Waals surface area contributed by atoms with Gasteiger partial charge in [0.05, 0.1) is 13.6 Å². The number of hydrogen-bond donors (Lipinski definition) is 1. The van der Waals surface area contributed by atoms with Gasteiger partial charge in [0.15, 0.2) is 13.5 Å². The third kappa shape index (κ3) is 1.44. The maximum Gasteiger partial charge on any atom is 0.183 e. The first kappa shape index (κ1) is 9.34. The van der Waals surface area contributed by atoms with E-state index < -0.39 is 11.5 Å². The van der Waals surface area contributed by atoms with Crippen LogP contribution < -0.4 is 0 Å². The standard InChI is InChI=1S/C9H7B2NO2/c10-8-7(12-14-9(8,11)13)6-4-2-1-3-5-6/h1-5,8,13H. The van der Waals surface area contributed by atoms with Crippen molar-refractivity contribution in [2.24, 2.45) is 5.16 Å². The molecule has 4 radical (unpaired) electrons. The number of rotatable bonds is 1. The van der Waals surface area contributed by atoms with Gasteiger partial charge in [0, 0.05) is 5.82 Å². The van der Waals surface area contributed by atoms with Crippen LogP contribution in [0.4, 0.5) is 0 Å². The van der Waals surface area contributed by atoms with Crippen molar-refractivity contribution in [1.29, 1.82) is 0 Å². The lowest BCUT2D eigenvalue weighted by molar-refractivity contribution is -0.116. The maximum atomic E-state index is 9.41. The van der Waals surface area contributed by atoms with Crippen molar-refractivity contribution in [1.82, 2.24) is 0 Å². The third-order valence-corrected chi connectivity index (χ3v) is 2.10. The zero-order valence-electron chi connectivity index (χ0n) is 7.42. The average Bonchev–Trinajstić information content (AvgIpc) is 2.44. The van der Waals surface area contributed by atoms with Crippen LogP contribution in [0.15, 0.2) is 35.5 Å². The zero-order valence-corrected chi connectivity index (χ0v) is 7.42. The van der Waals surface area contributed by atoms with Crippen molar-refractivity contribution in [3.63, 3.8) is 0 Å². The maximum absolute atomic E-state index is 9.41. The van der Waals surface area contributed by atoms with Gasteiger partial charge in [-0.25, -0.2) is 0 Å². The highest BCUT2D eigenvalue weighted by molar-refractivity contribution is 6.35. The molecule has 0 saturated heterocycles. The van der Waals surface area contributed by atoms with Crippen molar-refractivity contribution in [2.75, 3.05) is 0 Å². The summed E-state index contributed by atoms with van der Waals surface area (Å²) in [5.74, 6) is -0.829. The number of oxime groups is 1. The highest BCUT2D eigenvalue weighted by Gasteiger charge is 2.39. The Balaban J connectivity index is 2.31. The number of hydrogen-bond acceptors (Lipinski definition) is 3. The van der Waals surface area contributed by atoms with Gasteiger partial charge in [0.1, 0.15) is 0 Å². The molecule has 0 saturated carbocycles. The number of aliphatic hydroxyl groups is 1. The predicted molar refractivity (Wildman–Crippen MR) is 54.3 cm³/mol. The van der Waals surface area contributed by atoms with Gasteiger partial charge in [-0.05, 0) is 5.56 Å². The molecule has 0 bridgehead atoms. The Hall–Kier alpha value is -1.22. The molecule has 0 spiro atoms. The summed E-state index contributed by atoms with van der Waals surface area (Å²) in [6.45, 7) is 0. The van der Waals surface area contributed by atoms with Crippen LogP contribution in [0.5, 0.6) is 0 Å². The fourth-order valence-electron chi connectivity index (χ4n) is 1.27. The zero-order chi connectivity index (χ0) is 10.2. The van der Waals surface area contributed by atoms with Gasteiger partial charge < -0.3 is 9.94 Å². The molecule has 0 fully saturated rings. The van der Waals surface area contributed by atoms with Gasteiger partial charge >= 0.3 is 0 Å². The summed E-state index contributed by atoms with van der Waals surface area (Å²) in [6, 6.07) is 9.21. The van der Waals surface area contributed by atoms with Gasteiger partial charge in [-0.3, -0.25) is 0 Å². The van der Waals surface area contributed by atoms with E-state index in [0.717, 1.165) is 5.56 Å². The molecule has 1 heterocycles. The second kappa shape index (κ2) is 3.17. The highest BCUT2D eigenvalue weighted by Crippen LogP contribution is 2.30. The lowest BCUT2D eigenvalue weighted by Gasteiger charge is -2.21. The van der Waals surface area contributed by atoms with Gasteiger partial charge in [-0.2, -0.15) is 0 Å². The summed E-state index contributed by atoms with van der Waals surface area (Å²) < 4.78 is 0. The molecular weight excluding hydrogens is 176 g/mol. The van der Waals surface area contributed by atoms with Gasteiger partial charge in [0.25, 0.3) is 0 Å². The van der Waals surface area contributed by atoms with E-state index in [1.54, 1.807) is 0 Å². The van der Waals surface area contributed by atoms with Crippen LogP contribution in [-0.4, -0.2) is 32.2 Å². The van der Waals surface area contributed by atoms with E-state index in [4.69, 9.17) is 15.7 Å². The Bertz CT molecular complexity index is 364. The molecule has 1 aromatic carbocycles. The second-order valence-corrected chi connectivity index (χ2v) is 3.16. The minimum Gasteiger partial charge on any atom is -0.372 e. The van der Waals surface area contributed by atoms with Crippen LogP contribution >= 0.6 is 0 Å². The monoisotopic (exact) mass is 183 g/mol. The minimum atomic E-state index is -1.90. The van der Waals surface area contributed by atoms with E-state index in [0.29, 0.717) is 5.71 Å². The fourth-order valence-corrected chi connectivity index (χ4v) is 1.27. The molecule has 1 aliphatic heterocycles. The van der Waals surface area contributed by atoms with E-state index in [2.05, 4.69) is 9.99 Å². The molecular formula is C9H7B2NO2. The van der Waals surface area contributed by atoms with E-state index >= 15 is 0 Å². The van der Waals surface area contributed by atoms with Crippen molar-refractivity contribution in [3.05, 3.63) is 35.9 Å². The molecule has 2 rings (SSSR count). The number of benzene rings is 1. The number of nitrogens with zero attached hydrogens (tertiary/aromatic N) is 1. The quantitative estimate of drug-likeness (QED) is 0.631. The Kier molecular flexibility index (Phi) is 2.11. The van der Waals surface area contributed by atoms with Crippen LogP contribution in [0.2, 0.25) is 5.82 Å². The van der Waals surface area contributed by atoms with Crippen LogP contribution in [0.3, 0.4) is 0 Å². The predicted octanol–water partition coefficient (Wildman–Crippen LogP) is 0.192. The van der Waals surface area contributed by atoms with E-state index in [-0.39, 0.29) is 0 Å². The smallest absolute Gasteiger partial charge is 0.183 e. The van der Waals surface area contributed by atoms with Gasteiger partial charge in [0.2, 0.25) is 0 Å². The second-order valence-electron chi connectivity index (χ2n) is 3.16. The van der Waals surface area contributed by atoms with E-state index in [1.165, 1.54) is 0 Å². The summed E-state index contributed by atoms with van der Waals surface area (Å²) in [5, 5.41) is 13.1. The molecule has 66 valence electrons. The summed E-state index contributed by atoms with van der Waals surface area (Å²) in [6.07, 6.45) is 0.